The summed E-state index contributed by atoms with van der Waals surface area (Å²) >= 11 is 0. The van der Waals surface area contributed by atoms with E-state index in [4.69, 9.17) is 9.97 Å². The molecule has 206 valence electrons. The second-order valence-electron chi connectivity index (χ2n) is 10.4. The molecule has 1 saturated heterocycles. The predicted octanol–water partition coefficient (Wildman–Crippen LogP) is 6.29. The Morgan fingerprint density at radius 2 is 1.70 bits per heavy atom. The number of halogens is 5. The van der Waals surface area contributed by atoms with Gasteiger partial charge >= 0.3 is 10.2 Å². The van der Waals surface area contributed by atoms with E-state index in [2.05, 4.69) is 5.32 Å². The topological polar surface area (TPSA) is 78.4 Å². The zero-order valence-electron chi connectivity index (χ0n) is 20.3. The zero-order valence-corrected chi connectivity index (χ0v) is 21.9. The maximum absolute atomic E-state index is 13.1. The minimum Gasteiger partial charge on any atom is -0.394 e. The highest BCUT2D eigenvalue weighted by Gasteiger charge is 2.65. The number of aromatic nitrogens is 2. The molecule has 1 unspecified atom stereocenters. The number of hydrogen-bond acceptors (Lipinski definition) is 6. The summed E-state index contributed by atoms with van der Waals surface area (Å²) < 4.78 is 78.3. The number of fused-ring (bicyclic) bond motifs is 1. The van der Waals surface area contributed by atoms with E-state index < -0.39 is 31.5 Å². The van der Waals surface area contributed by atoms with Crippen molar-refractivity contribution in [1.29, 1.82) is 0 Å². The molecule has 2 N–H and O–H groups in total. The lowest BCUT2D eigenvalue weighted by Crippen LogP contribution is -2.49. The van der Waals surface area contributed by atoms with Gasteiger partial charge in [0.25, 0.3) is 0 Å². The van der Waals surface area contributed by atoms with Gasteiger partial charge in [0, 0.05) is 18.8 Å². The molecule has 37 heavy (non-hydrogen) atoms. The van der Waals surface area contributed by atoms with Gasteiger partial charge in [-0.1, -0.05) is 31.6 Å². The van der Waals surface area contributed by atoms with Gasteiger partial charge in [0.15, 0.2) is 0 Å². The van der Waals surface area contributed by atoms with E-state index >= 15 is 0 Å². The fourth-order valence-electron chi connectivity index (χ4n) is 5.33. The summed E-state index contributed by atoms with van der Waals surface area (Å²) in [6, 6.07) is 3.26. The number of anilines is 2. The van der Waals surface area contributed by atoms with Crippen molar-refractivity contribution in [2.75, 3.05) is 35.7 Å². The molecule has 0 bridgehead atoms. The van der Waals surface area contributed by atoms with Gasteiger partial charge in [-0.2, -0.15) is 4.98 Å². The van der Waals surface area contributed by atoms with Crippen LogP contribution in [0.2, 0.25) is 0 Å². The van der Waals surface area contributed by atoms with Crippen LogP contribution >= 0.6 is 10.2 Å². The lowest BCUT2D eigenvalue weighted by molar-refractivity contribution is 0.143. The molecule has 0 spiro atoms. The number of aliphatic hydroxyl groups is 1. The van der Waals surface area contributed by atoms with Crippen LogP contribution in [0.5, 0.6) is 0 Å². The van der Waals surface area contributed by atoms with Crippen molar-refractivity contribution >= 4 is 32.8 Å². The van der Waals surface area contributed by atoms with Crippen molar-refractivity contribution < 1.29 is 28.7 Å². The van der Waals surface area contributed by atoms with Gasteiger partial charge in [-0.25, -0.2) is 4.98 Å². The lowest BCUT2D eigenvalue weighted by Gasteiger charge is -2.42. The van der Waals surface area contributed by atoms with Crippen LogP contribution in [0.25, 0.3) is 0 Å². The van der Waals surface area contributed by atoms with Crippen molar-refractivity contribution in [3.63, 3.8) is 0 Å². The largest absolute Gasteiger partial charge is 0.394 e. The summed E-state index contributed by atoms with van der Waals surface area (Å²) in [5.74, 6) is 1.50. The highest BCUT2D eigenvalue weighted by atomic mass is 32.5. The highest BCUT2D eigenvalue weighted by Crippen LogP contribution is 3.02. The Morgan fingerprint density at radius 1 is 1.03 bits per heavy atom. The number of benzene rings is 1. The molecule has 2 aromatic rings. The number of aliphatic hydroxyl groups excluding tert-OH is 1. The second-order valence-corrected chi connectivity index (χ2v) is 14.3. The summed E-state index contributed by atoms with van der Waals surface area (Å²) in [4.78, 5) is 10.3. The van der Waals surface area contributed by atoms with E-state index in [1.54, 1.807) is 0 Å². The smallest absolute Gasteiger partial charge is 0.310 e. The summed E-state index contributed by atoms with van der Waals surface area (Å²) in [5.41, 5.74) is 0.884. The first-order valence-corrected chi connectivity index (χ1v) is 15.8. The quantitative estimate of drug-likeness (QED) is 0.401. The average Bonchev–Trinajstić information content (AvgIpc) is 3.01. The van der Waals surface area contributed by atoms with Crippen LogP contribution in [-0.4, -0.2) is 50.3 Å². The molecule has 1 aromatic heterocycles. The van der Waals surface area contributed by atoms with Crippen LogP contribution < -0.4 is 10.2 Å². The Bertz CT molecular complexity index is 1190. The monoisotopic (exact) mass is 566 g/mol. The molecule has 1 saturated carbocycles. The molecular formula is C24H31F5N4O2S2. The van der Waals surface area contributed by atoms with Crippen molar-refractivity contribution in [1.82, 2.24) is 9.97 Å². The molecule has 2 fully saturated rings. The maximum Gasteiger partial charge on any atom is 0.310 e. The van der Waals surface area contributed by atoms with Gasteiger partial charge in [-0.15, -0.1) is 0 Å². The summed E-state index contributed by atoms with van der Waals surface area (Å²) in [6.45, 7) is 1.04. The first-order chi connectivity index (χ1) is 17.3. The SMILES string of the molecule is O=S1CCCCc2nc(N3CCC(c4ccc(S(F)(F)(F)(F)F)cc4)CC3)nc(NC3(CO)CCC3)c21. The van der Waals surface area contributed by atoms with Crippen molar-refractivity contribution in [3.8, 4) is 0 Å². The van der Waals surface area contributed by atoms with Gasteiger partial charge in [0.05, 0.1) is 28.6 Å². The molecule has 1 atom stereocenters. The molecule has 1 aliphatic carbocycles. The molecule has 3 aliphatic rings. The number of rotatable bonds is 6. The third kappa shape index (κ3) is 5.58. The van der Waals surface area contributed by atoms with E-state index in [1.165, 1.54) is 0 Å². The molecule has 0 amide bonds. The Morgan fingerprint density at radius 3 is 2.27 bits per heavy atom. The van der Waals surface area contributed by atoms with Crippen molar-refractivity contribution in [2.24, 2.45) is 0 Å². The Hall–Kier alpha value is -1.99. The first-order valence-electron chi connectivity index (χ1n) is 12.5. The van der Waals surface area contributed by atoms with Crippen LogP contribution in [0, 0.1) is 0 Å². The molecule has 13 heteroatoms. The first kappa shape index (κ1) is 26.6. The van der Waals surface area contributed by atoms with E-state index in [-0.39, 0.29) is 12.5 Å². The van der Waals surface area contributed by atoms with Crippen LogP contribution in [-0.2, 0) is 17.2 Å². The highest BCUT2D eigenvalue weighted by molar-refractivity contribution is 8.45. The molecule has 1 aromatic carbocycles. The van der Waals surface area contributed by atoms with Crippen LogP contribution in [0.15, 0.2) is 34.1 Å². The van der Waals surface area contributed by atoms with Crippen molar-refractivity contribution in [3.05, 3.63) is 35.5 Å². The molecule has 3 heterocycles. The minimum absolute atomic E-state index is 0.0417. The van der Waals surface area contributed by atoms with E-state index in [1.807, 2.05) is 4.90 Å². The molecule has 6 nitrogen and oxygen atoms in total. The number of nitrogens with one attached hydrogen (secondary N) is 1. The Labute approximate surface area is 215 Å². The molecule has 5 rings (SSSR count). The van der Waals surface area contributed by atoms with Gasteiger partial charge in [-0.3, -0.25) is 4.21 Å². The minimum atomic E-state index is -9.69. The summed E-state index contributed by atoms with van der Waals surface area (Å²) in [6.07, 6.45) is 6.19. The maximum atomic E-state index is 13.1. The van der Waals surface area contributed by atoms with Gasteiger partial charge < -0.3 is 15.3 Å². The number of nitrogens with zero attached hydrogens (tertiary/aromatic N) is 3. The van der Waals surface area contributed by atoms with E-state index in [9.17, 15) is 28.7 Å². The number of piperidine rings is 1. The van der Waals surface area contributed by atoms with Crippen LogP contribution in [0.3, 0.4) is 0 Å². The third-order valence-corrected chi connectivity index (χ3v) is 10.4. The number of aryl methyl sites for hydroxylation is 1. The van der Waals surface area contributed by atoms with Crippen LogP contribution in [0.4, 0.5) is 31.2 Å². The average molecular weight is 567 g/mol. The molecular weight excluding hydrogens is 535 g/mol. The van der Waals surface area contributed by atoms with E-state index in [0.29, 0.717) is 72.5 Å². The second kappa shape index (κ2) is 8.77. The third-order valence-electron chi connectivity index (χ3n) is 7.72. The standard InChI is InChI=1S/C24H31F5N4O2S2/c25-37(26,27,28,29)19-7-5-17(6-8-19)18-9-13-33(14-10-18)23-30-20-4-1-2-15-36(35)21(20)22(31-23)32-24(16-34)11-3-12-24/h5-8,18,34H,1-4,9-16H2,(H,30,31,32). The van der Waals surface area contributed by atoms with E-state index in [0.717, 1.165) is 49.9 Å². The Balaban J connectivity index is 1.36. The fraction of sp³-hybridized carbons (Fsp3) is 0.583. The molecule has 0 radical (unpaired) electrons. The summed E-state index contributed by atoms with van der Waals surface area (Å²) in [7, 11) is -10.9. The predicted molar refractivity (Wildman–Crippen MR) is 136 cm³/mol. The zero-order chi connectivity index (χ0) is 26.5. The van der Waals surface area contributed by atoms with Gasteiger partial charge in [0.1, 0.15) is 15.6 Å². The van der Waals surface area contributed by atoms with Gasteiger partial charge in [-0.05, 0) is 75.0 Å². The van der Waals surface area contributed by atoms with Gasteiger partial charge in [0.2, 0.25) is 5.95 Å². The molecule has 2 aliphatic heterocycles. The number of hydrogen-bond donors (Lipinski definition) is 2. The van der Waals surface area contributed by atoms with Crippen LogP contribution in [0.1, 0.15) is 62.1 Å². The lowest BCUT2D eigenvalue weighted by atomic mass is 9.77. The normalized spacial score (nSPS) is 24.3. The fourth-order valence-corrected chi connectivity index (χ4v) is 7.38. The Kier molecular flexibility index (Phi) is 6.31. The summed E-state index contributed by atoms with van der Waals surface area (Å²) in [5, 5.41) is 13.4. The van der Waals surface area contributed by atoms with Crippen molar-refractivity contribution in [2.45, 2.75) is 72.6 Å².